The smallest absolute Gasteiger partial charge is 0.0309 e. The molecule has 1 N–H and O–H groups in total. The first-order valence-electron chi connectivity index (χ1n) is 9.67. The summed E-state index contributed by atoms with van der Waals surface area (Å²) in [7, 11) is 0. The van der Waals surface area contributed by atoms with Crippen molar-refractivity contribution < 1.29 is 0 Å². The Balaban J connectivity index is 1.61. The molecule has 0 aromatic rings. The van der Waals surface area contributed by atoms with Gasteiger partial charge in [-0.1, -0.05) is 26.7 Å². The Labute approximate surface area is 132 Å². The average molecular weight is 293 g/mol. The van der Waals surface area contributed by atoms with E-state index in [4.69, 9.17) is 0 Å². The first-order valence-corrected chi connectivity index (χ1v) is 9.67. The lowest BCUT2D eigenvalue weighted by atomic mass is 9.80. The molecule has 3 aliphatic rings. The summed E-state index contributed by atoms with van der Waals surface area (Å²) in [5, 5.41) is 3.91. The highest BCUT2D eigenvalue weighted by Gasteiger charge is 2.47. The highest BCUT2D eigenvalue weighted by molar-refractivity contribution is 5.05. The minimum Gasteiger partial charge on any atom is -0.308 e. The van der Waals surface area contributed by atoms with Gasteiger partial charge in [0.15, 0.2) is 0 Å². The number of nitrogens with one attached hydrogen (secondary N) is 1. The van der Waals surface area contributed by atoms with Gasteiger partial charge >= 0.3 is 0 Å². The SMILES string of the molecule is CCCC1CCC(N2CC(C)(C3CC3)NCC2CC)CC1. The normalized spacial score (nSPS) is 42.1. The Morgan fingerprint density at radius 1 is 1.05 bits per heavy atom. The van der Waals surface area contributed by atoms with E-state index in [1.165, 1.54) is 70.9 Å². The van der Waals surface area contributed by atoms with Gasteiger partial charge in [-0.3, -0.25) is 4.90 Å². The molecule has 2 aliphatic carbocycles. The van der Waals surface area contributed by atoms with Gasteiger partial charge in [0.1, 0.15) is 0 Å². The molecule has 3 rings (SSSR count). The van der Waals surface area contributed by atoms with Crippen LogP contribution in [0.4, 0.5) is 0 Å². The minimum atomic E-state index is 0.409. The molecule has 2 saturated carbocycles. The van der Waals surface area contributed by atoms with Crippen molar-refractivity contribution in [1.82, 2.24) is 10.2 Å². The van der Waals surface area contributed by atoms with Crippen molar-refractivity contribution in [2.24, 2.45) is 11.8 Å². The van der Waals surface area contributed by atoms with Gasteiger partial charge in [-0.05, 0) is 63.7 Å². The zero-order chi connectivity index (χ0) is 14.9. The van der Waals surface area contributed by atoms with Gasteiger partial charge in [0.2, 0.25) is 0 Å². The standard InChI is InChI=1S/C19H36N2/c1-4-6-15-7-11-18(12-8-15)21-14-19(3,16-9-10-16)20-13-17(21)5-2/h15-18,20H,4-14H2,1-3H3. The summed E-state index contributed by atoms with van der Waals surface area (Å²) in [4.78, 5) is 2.93. The van der Waals surface area contributed by atoms with E-state index in [-0.39, 0.29) is 0 Å². The molecule has 1 heterocycles. The Bertz CT molecular complexity index is 330. The number of piperazine rings is 1. The van der Waals surface area contributed by atoms with Crippen LogP contribution < -0.4 is 5.32 Å². The molecule has 2 nitrogen and oxygen atoms in total. The first-order chi connectivity index (χ1) is 10.2. The predicted molar refractivity (Wildman–Crippen MR) is 90.6 cm³/mol. The lowest BCUT2D eigenvalue weighted by molar-refractivity contribution is 0.0167. The maximum absolute atomic E-state index is 3.91. The fraction of sp³-hybridized carbons (Fsp3) is 1.00. The number of hydrogen-bond acceptors (Lipinski definition) is 2. The van der Waals surface area contributed by atoms with Gasteiger partial charge in [0.25, 0.3) is 0 Å². The van der Waals surface area contributed by atoms with Crippen LogP contribution in [0.25, 0.3) is 0 Å². The summed E-state index contributed by atoms with van der Waals surface area (Å²) >= 11 is 0. The van der Waals surface area contributed by atoms with Gasteiger partial charge in [-0.15, -0.1) is 0 Å². The van der Waals surface area contributed by atoms with Crippen LogP contribution in [0.3, 0.4) is 0 Å². The minimum absolute atomic E-state index is 0.409. The van der Waals surface area contributed by atoms with E-state index in [0.29, 0.717) is 5.54 Å². The second-order valence-electron chi connectivity index (χ2n) is 8.27. The van der Waals surface area contributed by atoms with Crippen LogP contribution in [0.15, 0.2) is 0 Å². The van der Waals surface area contributed by atoms with Crippen LogP contribution in [-0.2, 0) is 0 Å². The highest BCUT2D eigenvalue weighted by atomic mass is 15.3. The van der Waals surface area contributed by atoms with Crippen LogP contribution in [0, 0.1) is 11.8 Å². The second-order valence-corrected chi connectivity index (χ2v) is 8.27. The molecule has 0 spiro atoms. The lowest BCUT2D eigenvalue weighted by Gasteiger charge is -2.51. The Morgan fingerprint density at radius 3 is 2.33 bits per heavy atom. The van der Waals surface area contributed by atoms with Crippen molar-refractivity contribution in [3.63, 3.8) is 0 Å². The Morgan fingerprint density at radius 2 is 1.76 bits per heavy atom. The van der Waals surface area contributed by atoms with Gasteiger partial charge in [0.05, 0.1) is 0 Å². The summed E-state index contributed by atoms with van der Waals surface area (Å²) in [6.45, 7) is 9.74. The average Bonchev–Trinajstić information content (AvgIpc) is 3.34. The fourth-order valence-corrected chi connectivity index (χ4v) is 5.01. The van der Waals surface area contributed by atoms with E-state index in [1.54, 1.807) is 0 Å². The monoisotopic (exact) mass is 292 g/mol. The van der Waals surface area contributed by atoms with Crippen molar-refractivity contribution in [3.8, 4) is 0 Å². The molecule has 1 aliphatic heterocycles. The number of nitrogens with zero attached hydrogens (tertiary/aromatic N) is 1. The van der Waals surface area contributed by atoms with Crippen LogP contribution in [0.2, 0.25) is 0 Å². The van der Waals surface area contributed by atoms with E-state index in [9.17, 15) is 0 Å². The third-order valence-electron chi connectivity index (χ3n) is 6.65. The molecule has 1 saturated heterocycles. The number of rotatable bonds is 5. The van der Waals surface area contributed by atoms with Crippen LogP contribution in [0.5, 0.6) is 0 Å². The predicted octanol–water partition coefficient (Wildman–Crippen LogP) is 4.20. The van der Waals surface area contributed by atoms with Crippen LogP contribution in [-0.4, -0.2) is 35.6 Å². The summed E-state index contributed by atoms with van der Waals surface area (Å²) in [5.74, 6) is 1.98. The van der Waals surface area contributed by atoms with Crippen molar-refractivity contribution in [2.75, 3.05) is 13.1 Å². The molecule has 0 amide bonds. The largest absolute Gasteiger partial charge is 0.308 e. The Hall–Kier alpha value is -0.0800. The van der Waals surface area contributed by atoms with Crippen molar-refractivity contribution in [2.45, 2.75) is 96.2 Å². The topological polar surface area (TPSA) is 15.3 Å². The molecule has 3 fully saturated rings. The van der Waals surface area contributed by atoms with E-state index >= 15 is 0 Å². The molecular formula is C19H36N2. The lowest BCUT2D eigenvalue weighted by Crippen LogP contribution is -2.66. The van der Waals surface area contributed by atoms with E-state index < -0.39 is 0 Å². The van der Waals surface area contributed by atoms with Crippen molar-refractivity contribution in [1.29, 1.82) is 0 Å². The van der Waals surface area contributed by atoms with Crippen molar-refractivity contribution >= 4 is 0 Å². The van der Waals surface area contributed by atoms with Crippen LogP contribution in [0.1, 0.15) is 78.6 Å². The molecule has 0 bridgehead atoms. The second kappa shape index (κ2) is 6.58. The molecule has 2 atom stereocenters. The molecule has 2 heteroatoms. The van der Waals surface area contributed by atoms with E-state index in [1.807, 2.05) is 0 Å². The summed E-state index contributed by atoms with van der Waals surface area (Å²) < 4.78 is 0. The molecular weight excluding hydrogens is 256 g/mol. The van der Waals surface area contributed by atoms with Gasteiger partial charge < -0.3 is 5.32 Å². The first kappa shape index (κ1) is 15.8. The van der Waals surface area contributed by atoms with Gasteiger partial charge in [-0.25, -0.2) is 0 Å². The summed E-state index contributed by atoms with van der Waals surface area (Å²) in [5.41, 5.74) is 0.409. The third-order valence-corrected chi connectivity index (χ3v) is 6.65. The van der Waals surface area contributed by atoms with Gasteiger partial charge in [0, 0.05) is 30.7 Å². The maximum Gasteiger partial charge on any atom is 0.0309 e. The molecule has 21 heavy (non-hydrogen) atoms. The van der Waals surface area contributed by atoms with Crippen LogP contribution >= 0.6 is 0 Å². The fourth-order valence-electron chi connectivity index (χ4n) is 5.01. The molecule has 0 aromatic heterocycles. The van der Waals surface area contributed by atoms with E-state index in [0.717, 1.165) is 23.9 Å². The van der Waals surface area contributed by atoms with Gasteiger partial charge in [-0.2, -0.15) is 0 Å². The number of hydrogen-bond donors (Lipinski definition) is 1. The third kappa shape index (κ3) is 3.47. The summed E-state index contributed by atoms with van der Waals surface area (Å²) in [6, 6.07) is 1.66. The molecule has 2 unspecified atom stereocenters. The van der Waals surface area contributed by atoms with E-state index in [2.05, 4.69) is 31.0 Å². The zero-order valence-electron chi connectivity index (χ0n) is 14.5. The zero-order valence-corrected chi connectivity index (χ0v) is 14.5. The molecule has 122 valence electrons. The molecule has 0 radical (unpaired) electrons. The van der Waals surface area contributed by atoms with Crippen molar-refractivity contribution in [3.05, 3.63) is 0 Å². The highest BCUT2D eigenvalue weighted by Crippen LogP contribution is 2.43. The summed E-state index contributed by atoms with van der Waals surface area (Å²) in [6.07, 6.45) is 12.9. The molecule has 0 aromatic carbocycles. The quantitative estimate of drug-likeness (QED) is 0.817. The maximum atomic E-state index is 3.91. The Kier molecular flexibility index (Phi) is 4.95.